The van der Waals surface area contributed by atoms with E-state index in [1.54, 1.807) is 21.9 Å². The highest BCUT2D eigenvalue weighted by atomic mass is 35.5. The van der Waals surface area contributed by atoms with E-state index in [9.17, 15) is 18.0 Å². The first-order valence-corrected chi connectivity index (χ1v) is 10.8. The number of benzene rings is 1. The first-order chi connectivity index (χ1) is 12.7. The van der Waals surface area contributed by atoms with Crippen molar-refractivity contribution >= 4 is 33.4 Å². The molecule has 0 aliphatic carbocycles. The van der Waals surface area contributed by atoms with Gasteiger partial charge in [-0.15, -0.1) is 0 Å². The number of carbonyl (C=O) groups excluding carboxylic acids is 2. The number of amides is 2. The van der Waals surface area contributed by atoms with Crippen LogP contribution >= 0.6 is 11.6 Å². The van der Waals surface area contributed by atoms with Gasteiger partial charge in [0.2, 0.25) is 21.8 Å². The van der Waals surface area contributed by atoms with E-state index >= 15 is 0 Å². The number of rotatable bonds is 3. The molecule has 0 radical (unpaired) electrons. The number of nitrogens with zero attached hydrogens (tertiary/aromatic N) is 3. The average Bonchev–Trinajstić information content (AvgIpc) is 2.79. The summed E-state index contributed by atoms with van der Waals surface area (Å²) in [7, 11) is -3.75. The fourth-order valence-electron chi connectivity index (χ4n) is 3.93. The molecule has 1 atom stereocenters. The number of sulfonamides is 1. The summed E-state index contributed by atoms with van der Waals surface area (Å²) in [6.45, 7) is 5.52. The van der Waals surface area contributed by atoms with Crippen molar-refractivity contribution in [2.75, 3.05) is 39.3 Å². The second-order valence-corrected chi connectivity index (χ2v) is 9.69. The van der Waals surface area contributed by atoms with Crippen LogP contribution in [0.5, 0.6) is 0 Å². The molecule has 2 aliphatic rings. The lowest BCUT2D eigenvalue weighted by atomic mass is 9.86. The smallest absolute Gasteiger partial charge is 0.243 e. The Labute approximate surface area is 164 Å². The predicted octanol–water partition coefficient (Wildman–Crippen LogP) is 1.43. The van der Waals surface area contributed by atoms with Gasteiger partial charge >= 0.3 is 0 Å². The van der Waals surface area contributed by atoms with E-state index in [1.807, 2.05) is 6.92 Å². The second-order valence-electron chi connectivity index (χ2n) is 7.32. The van der Waals surface area contributed by atoms with Gasteiger partial charge in [0.15, 0.2) is 0 Å². The summed E-state index contributed by atoms with van der Waals surface area (Å²) >= 11 is 5.88. The van der Waals surface area contributed by atoms with Gasteiger partial charge < -0.3 is 9.80 Å². The minimum absolute atomic E-state index is 0.00624. The van der Waals surface area contributed by atoms with Crippen molar-refractivity contribution in [1.82, 2.24) is 14.1 Å². The van der Waals surface area contributed by atoms with Crippen molar-refractivity contribution in [3.05, 3.63) is 29.3 Å². The predicted molar refractivity (Wildman–Crippen MR) is 102 cm³/mol. The zero-order chi connectivity index (χ0) is 19.8. The van der Waals surface area contributed by atoms with Crippen LogP contribution < -0.4 is 0 Å². The molecule has 2 aliphatic heterocycles. The van der Waals surface area contributed by atoms with Crippen molar-refractivity contribution in [3.8, 4) is 0 Å². The van der Waals surface area contributed by atoms with Crippen molar-refractivity contribution in [2.45, 2.75) is 25.2 Å². The maximum absolute atomic E-state index is 13.2. The summed E-state index contributed by atoms with van der Waals surface area (Å²) in [5.74, 6) is -0.103. The van der Waals surface area contributed by atoms with Crippen LogP contribution in [0.15, 0.2) is 29.2 Å². The molecule has 2 heterocycles. The molecule has 0 N–H and O–H groups in total. The van der Waals surface area contributed by atoms with Gasteiger partial charge in [-0.1, -0.05) is 11.6 Å². The molecule has 2 amide bonds. The summed E-state index contributed by atoms with van der Waals surface area (Å²) < 4.78 is 27.8. The van der Waals surface area contributed by atoms with Gasteiger partial charge in [0.1, 0.15) is 0 Å². The van der Waals surface area contributed by atoms with E-state index in [-0.39, 0.29) is 36.2 Å². The summed E-state index contributed by atoms with van der Waals surface area (Å²) in [6.07, 6.45) is 0.247. The van der Waals surface area contributed by atoms with Crippen molar-refractivity contribution in [2.24, 2.45) is 5.41 Å². The van der Waals surface area contributed by atoms with E-state index in [2.05, 4.69) is 0 Å². The third-order valence-corrected chi connectivity index (χ3v) is 7.45. The molecule has 148 valence electrons. The van der Waals surface area contributed by atoms with E-state index in [4.69, 9.17) is 11.6 Å². The lowest BCUT2D eigenvalue weighted by molar-refractivity contribution is -0.130. The molecule has 7 nitrogen and oxygen atoms in total. The topological polar surface area (TPSA) is 78.0 Å². The van der Waals surface area contributed by atoms with E-state index in [1.165, 1.54) is 23.4 Å². The second kappa shape index (κ2) is 7.41. The summed E-state index contributed by atoms with van der Waals surface area (Å²) in [4.78, 5) is 28.0. The fraction of sp³-hybridized carbons (Fsp3) is 0.556. The van der Waals surface area contributed by atoms with Crippen LogP contribution in [0.4, 0.5) is 0 Å². The average molecular weight is 414 g/mol. The van der Waals surface area contributed by atoms with Crippen LogP contribution in [0.25, 0.3) is 0 Å². The largest absolute Gasteiger partial charge is 0.342 e. The molecular weight excluding hydrogens is 390 g/mol. The minimum atomic E-state index is -3.75. The van der Waals surface area contributed by atoms with Crippen LogP contribution in [-0.2, 0) is 19.6 Å². The molecule has 0 unspecified atom stereocenters. The normalized spacial score (nSPS) is 24.5. The minimum Gasteiger partial charge on any atom is -0.342 e. The standard InChI is InChI=1S/C18H24ClN3O4S/c1-3-20-11-18(10-17(20)24)12-21(14(2)23)8-9-22(13-18)27(25,26)16-6-4-15(19)5-7-16/h4-7H,3,8-13H2,1-2H3/t18-/m0/s1. The molecule has 9 heteroatoms. The van der Waals surface area contributed by atoms with Gasteiger partial charge in [-0.3, -0.25) is 9.59 Å². The monoisotopic (exact) mass is 413 g/mol. The molecule has 1 aromatic carbocycles. The molecule has 0 aromatic heterocycles. The summed E-state index contributed by atoms with van der Waals surface area (Å²) in [5, 5.41) is 0.462. The van der Waals surface area contributed by atoms with Crippen LogP contribution in [-0.4, -0.2) is 73.6 Å². The van der Waals surface area contributed by atoms with Crippen LogP contribution in [0, 0.1) is 5.41 Å². The highest BCUT2D eigenvalue weighted by molar-refractivity contribution is 7.89. The molecule has 27 heavy (non-hydrogen) atoms. The van der Waals surface area contributed by atoms with Crippen molar-refractivity contribution in [1.29, 1.82) is 0 Å². The quantitative estimate of drug-likeness (QED) is 0.751. The van der Waals surface area contributed by atoms with Crippen molar-refractivity contribution in [3.63, 3.8) is 0 Å². The Bertz CT molecular complexity index is 843. The molecule has 0 saturated carbocycles. The van der Waals surface area contributed by atoms with Crippen LogP contribution in [0.3, 0.4) is 0 Å². The lowest BCUT2D eigenvalue weighted by Gasteiger charge is -2.33. The molecular formula is C18H24ClN3O4S. The first-order valence-electron chi connectivity index (χ1n) is 8.96. The summed E-state index contributed by atoms with van der Waals surface area (Å²) in [6, 6.07) is 6.05. The van der Waals surface area contributed by atoms with Gasteiger partial charge in [-0.25, -0.2) is 8.42 Å². The van der Waals surface area contributed by atoms with Gasteiger partial charge in [-0.05, 0) is 31.2 Å². The molecule has 1 spiro atoms. The lowest BCUT2D eigenvalue weighted by Crippen LogP contribution is -2.45. The molecule has 2 saturated heterocycles. The number of likely N-dealkylation sites (tertiary alicyclic amines) is 1. The van der Waals surface area contributed by atoms with E-state index in [0.717, 1.165) is 0 Å². The van der Waals surface area contributed by atoms with Crippen LogP contribution in [0.1, 0.15) is 20.3 Å². The number of halogens is 1. The summed E-state index contributed by atoms with van der Waals surface area (Å²) in [5.41, 5.74) is -0.589. The SMILES string of the molecule is CCN1C[C@@]2(CC1=O)CN(C(C)=O)CCN(S(=O)(=O)c1ccc(Cl)cc1)C2. The Balaban J connectivity index is 1.95. The first kappa shape index (κ1) is 20.1. The molecule has 0 bridgehead atoms. The number of hydrogen-bond donors (Lipinski definition) is 0. The molecule has 1 aromatic rings. The Morgan fingerprint density at radius 2 is 1.81 bits per heavy atom. The highest BCUT2D eigenvalue weighted by Crippen LogP contribution is 2.36. The van der Waals surface area contributed by atoms with Gasteiger partial charge in [0.25, 0.3) is 0 Å². The Hall–Kier alpha value is -1.64. The number of hydrogen-bond acceptors (Lipinski definition) is 4. The Kier molecular flexibility index (Phi) is 5.52. The highest BCUT2D eigenvalue weighted by Gasteiger charge is 2.48. The van der Waals surface area contributed by atoms with E-state index < -0.39 is 15.4 Å². The zero-order valence-corrected chi connectivity index (χ0v) is 17.1. The maximum atomic E-state index is 13.2. The van der Waals surface area contributed by atoms with Gasteiger partial charge in [0, 0.05) is 63.1 Å². The zero-order valence-electron chi connectivity index (χ0n) is 15.5. The van der Waals surface area contributed by atoms with Gasteiger partial charge in [0.05, 0.1) is 4.90 Å². The number of carbonyl (C=O) groups is 2. The third-order valence-electron chi connectivity index (χ3n) is 5.34. The molecule has 2 fully saturated rings. The fourth-order valence-corrected chi connectivity index (χ4v) is 5.60. The van der Waals surface area contributed by atoms with Crippen molar-refractivity contribution < 1.29 is 18.0 Å². The Morgan fingerprint density at radius 3 is 2.37 bits per heavy atom. The molecule has 3 rings (SSSR count). The maximum Gasteiger partial charge on any atom is 0.243 e. The van der Waals surface area contributed by atoms with Crippen LogP contribution in [0.2, 0.25) is 5.02 Å². The third kappa shape index (κ3) is 3.97. The van der Waals surface area contributed by atoms with Gasteiger partial charge in [-0.2, -0.15) is 4.31 Å². The van der Waals surface area contributed by atoms with E-state index in [0.29, 0.717) is 31.2 Å². The Morgan fingerprint density at radius 1 is 1.15 bits per heavy atom.